The Labute approximate surface area is 97.3 Å². The van der Waals surface area contributed by atoms with Crippen LogP contribution >= 0.6 is 0 Å². The number of ether oxygens (including phenoxy) is 1. The van der Waals surface area contributed by atoms with E-state index in [1.165, 1.54) is 5.56 Å². The molecule has 0 saturated carbocycles. The Morgan fingerprint density at radius 3 is 2.50 bits per heavy atom. The second-order valence-corrected chi connectivity index (χ2v) is 5.74. The summed E-state index contributed by atoms with van der Waals surface area (Å²) in [6.45, 7) is 8.80. The van der Waals surface area contributed by atoms with Crippen molar-refractivity contribution in [1.82, 2.24) is 0 Å². The lowest BCUT2D eigenvalue weighted by Gasteiger charge is -2.37. The first kappa shape index (κ1) is 11.5. The Hall–Kier alpha value is -1.02. The van der Waals surface area contributed by atoms with Gasteiger partial charge in [0, 0.05) is 6.42 Å². The molecule has 1 aromatic carbocycles. The van der Waals surface area contributed by atoms with Gasteiger partial charge in [0.1, 0.15) is 5.75 Å². The topological polar surface area (TPSA) is 29.5 Å². The lowest BCUT2D eigenvalue weighted by atomic mass is 9.73. The van der Waals surface area contributed by atoms with Crippen molar-refractivity contribution < 1.29 is 9.84 Å². The zero-order valence-corrected chi connectivity index (χ0v) is 10.5. The average molecular weight is 220 g/mol. The Bertz CT molecular complexity index is 400. The molecule has 1 unspecified atom stereocenters. The minimum Gasteiger partial charge on any atom is -0.493 e. The van der Waals surface area contributed by atoms with Crippen LogP contribution in [0.3, 0.4) is 0 Å². The molecule has 1 heterocycles. The van der Waals surface area contributed by atoms with Crippen LogP contribution in [0.4, 0.5) is 0 Å². The summed E-state index contributed by atoms with van der Waals surface area (Å²) >= 11 is 0. The van der Waals surface area contributed by atoms with E-state index >= 15 is 0 Å². The van der Waals surface area contributed by atoms with Crippen LogP contribution < -0.4 is 4.74 Å². The summed E-state index contributed by atoms with van der Waals surface area (Å²) in [5.74, 6) is 0.966. The van der Waals surface area contributed by atoms with Crippen LogP contribution in [0.15, 0.2) is 18.2 Å². The first-order chi connectivity index (χ1) is 7.32. The molecular weight excluding hydrogens is 200 g/mol. The number of fused-ring (bicyclic) bond motifs is 1. The molecule has 1 atom stereocenters. The van der Waals surface area contributed by atoms with E-state index in [0.717, 1.165) is 24.3 Å². The highest BCUT2D eigenvalue weighted by Crippen LogP contribution is 2.40. The monoisotopic (exact) mass is 220 g/mol. The molecule has 0 radical (unpaired) electrons. The number of hydrogen-bond acceptors (Lipinski definition) is 2. The van der Waals surface area contributed by atoms with Crippen LogP contribution in [0.2, 0.25) is 0 Å². The Morgan fingerprint density at radius 1 is 1.19 bits per heavy atom. The van der Waals surface area contributed by atoms with Gasteiger partial charge in [0.2, 0.25) is 0 Å². The Kier molecular flexibility index (Phi) is 2.50. The van der Waals surface area contributed by atoms with Crippen LogP contribution in [0.1, 0.15) is 38.8 Å². The van der Waals surface area contributed by atoms with Crippen molar-refractivity contribution >= 4 is 0 Å². The molecule has 2 rings (SSSR count). The minimum atomic E-state index is -0.815. The van der Waals surface area contributed by atoms with Crippen molar-refractivity contribution in [2.24, 2.45) is 5.41 Å². The van der Waals surface area contributed by atoms with Gasteiger partial charge in [0.25, 0.3) is 0 Å². The number of aliphatic hydroxyl groups is 1. The summed E-state index contributed by atoms with van der Waals surface area (Å²) in [6.07, 6.45) is 0.948. The first-order valence-corrected chi connectivity index (χ1v) is 5.81. The Morgan fingerprint density at radius 2 is 1.88 bits per heavy atom. The van der Waals surface area contributed by atoms with Gasteiger partial charge in [-0.2, -0.15) is 0 Å². The smallest absolute Gasteiger partial charge is 0.122 e. The molecule has 0 bridgehead atoms. The highest BCUT2D eigenvalue weighted by atomic mass is 16.5. The molecule has 1 N–H and O–H groups in total. The molecule has 0 aromatic heterocycles. The molecule has 1 aliphatic heterocycles. The van der Waals surface area contributed by atoms with Crippen LogP contribution in [0.25, 0.3) is 0 Å². The first-order valence-electron chi connectivity index (χ1n) is 5.81. The van der Waals surface area contributed by atoms with Gasteiger partial charge in [-0.15, -0.1) is 0 Å². The van der Waals surface area contributed by atoms with Crippen molar-refractivity contribution in [3.05, 3.63) is 29.3 Å². The van der Waals surface area contributed by atoms with Gasteiger partial charge in [-0.25, -0.2) is 0 Å². The van der Waals surface area contributed by atoms with Crippen LogP contribution in [0, 0.1) is 5.41 Å². The van der Waals surface area contributed by atoms with Gasteiger partial charge in [-0.1, -0.05) is 26.8 Å². The highest BCUT2D eigenvalue weighted by molar-refractivity contribution is 5.41. The summed E-state index contributed by atoms with van der Waals surface area (Å²) in [7, 11) is 0. The number of benzene rings is 1. The van der Waals surface area contributed by atoms with E-state index in [1.807, 2.05) is 19.1 Å². The van der Waals surface area contributed by atoms with Gasteiger partial charge < -0.3 is 9.84 Å². The molecule has 2 heteroatoms. The molecule has 1 aromatic rings. The fraction of sp³-hybridized carbons (Fsp3) is 0.571. The zero-order chi connectivity index (χ0) is 12.0. The van der Waals surface area contributed by atoms with Crippen molar-refractivity contribution in [2.75, 3.05) is 6.61 Å². The van der Waals surface area contributed by atoms with E-state index in [4.69, 9.17) is 4.74 Å². The molecule has 16 heavy (non-hydrogen) atoms. The second kappa shape index (κ2) is 3.49. The van der Waals surface area contributed by atoms with Gasteiger partial charge in [0.05, 0.1) is 12.2 Å². The summed E-state index contributed by atoms with van der Waals surface area (Å²) in [5, 5.41) is 10.6. The SMILES string of the molecule is CC(C)(C)C(C)(O)c1ccc2c(c1)CCO2. The summed E-state index contributed by atoms with van der Waals surface area (Å²) in [4.78, 5) is 0. The van der Waals surface area contributed by atoms with E-state index < -0.39 is 5.60 Å². The van der Waals surface area contributed by atoms with Gasteiger partial charge in [-0.05, 0) is 35.6 Å². The maximum atomic E-state index is 10.6. The van der Waals surface area contributed by atoms with E-state index in [2.05, 4.69) is 26.8 Å². The fourth-order valence-corrected chi connectivity index (χ4v) is 1.92. The van der Waals surface area contributed by atoms with Crippen LogP contribution in [0.5, 0.6) is 5.75 Å². The van der Waals surface area contributed by atoms with Crippen molar-refractivity contribution in [1.29, 1.82) is 0 Å². The van der Waals surface area contributed by atoms with E-state index in [-0.39, 0.29) is 5.41 Å². The van der Waals surface area contributed by atoms with Crippen molar-refractivity contribution in [3.8, 4) is 5.75 Å². The average Bonchev–Trinajstić information content (AvgIpc) is 2.61. The van der Waals surface area contributed by atoms with Gasteiger partial charge >= 0.3 is 0 Å². The second-order valence-electron chi connectivity index (χ2n) is 5.74. The predicted molar refractivity (Wildman–Crippen MR) is 64.7 cm³/mol. The fourth-order valence-electron chi connectivity index (χ4n) is 1.92. The summed E-state index contributed by atoms with van der Waals surface area (Å²) < 4.78 is 5.47. The standard InChI is InChI=1S/C14H20O2/c1-13(2,3)14(4,15)11-5-6-12-10(9-11)7-8-16-12/h5-6,9,15H,7-8H2,1-4H3. The lowest BCUT2D eigenvalue weighted by Crippen LogP contribution is -2.36. The minimum absolute atomic E-state index is 0.180. The third kappa shape index (κ3) is 1.71. The third-order valence-electron chi connectivity index (χ3n) is 3.71. The normalized spacial score (nSPS) is 18.8. The lowest BCUT2D eigenvalue weighted by molar-refractivity contribution is -0.0470. The maximum absolute atomic E-state index is 10.6. The maximum Gasteiger partial charge on any atom is 0.122 e. The Balaban J connectivity index is 2.42. The van der Waals surface area contributed by atoms with Crippen molar-refractivity contribution in [2.45, 2.75) is 39.7 Å². The summed E-state index contributed by atoms with van der Waals surface area (Å²) in [5.41, 5.74) is 1.19. The molecule has 0 saturated heterocycles. The molecule has 1 aliphatic rings. The quantitative estimate of drug-likeness (QED) is 0.788. The molecule has 0 amide bonds. The van der Waals surface area contributed by atoms with E-state index in [0.29, 0.717) is 0 Å². The third-order valence-corrected chi connectivity index (χ3v) is 3.71. The molecule has 88 valence electrons. The molecule has 0 spiro atoms. The van der Waals surface area contributed by atoms with Crippen LogP contribution in [-0.4, -0.2) is 11.7 Å². The van der Waals surface area contributed by atoms with Gasteiger partial charge in [0.15, 0.2) is 0 Å². The van der Waals surface area contributed by atoms with E-state index in [1.54, 1.807) is 0 Å². The largest absolute Gasteiger partial charge is 0.493 e. The number of rotatable bonds is 1. The van der Waals surface area contributed by atoms with E-state index in [9.17, 15) is 5.11 Å². The molecule has 0 aliphatic carbocycles. The highest BCUT2D eigenvalue weighted by Gasteiger charge is 2.37. The summed E-state index contributed by atoms with van der Waals surface area (Å²) in [6, 6.07) is 6.01. The number of hydrogen-bond donors (Lipinski definition) is 1. The molecule has 2 nitrogen and oxygen atoms in total. The molecular formula is C14H20O2. The zero-order valence-electron chi connectivity index (χ0n) is 10.5. The van der Waals surface area contributed by atoms with Crippen molar-refractivity contribution in [3.63, 3.8) is 0 Å². The predicted octanol–water partition coefficient (Wildman–Crippen LogP) is 2.88. The van der Waals surface area contributed by atoms with Crippen LogP contribution in [-0.2, 0) is 12.0 Å². The van der Waals surface area contributed by atoms with Gasteiger partial charge in [-0.3, -0.25) is 0 Å². The molecule has 0 fully saturated rings.